The van der Waals surface area contributed by atoms with Crippen LogP contribution in [-0.4, -0.2) is 5.71 Å². The Kier molecular flexibility index (Phi) is 9.04. The third kappa shape index (κ3) is 8.19. The number of benzene rings is 1. The van der Waals surface area contributed by atoms with Gasteiger partial charge in [-0.3, -0.25) is 0 Å². The van der Waals surface area contributed by atoms with Gasteiger partial charge >= 0.3 is 0 Å². The van der Waals surface area contributed by atoms with E-state index in [1.54, 1.807) is 0 Å². The van der Waals surface area contributed by atoms with Crippen molar-refractivity contribution in [1.82, 2.24) is 0 Å². The van der Waals surface area contributed by atoms with Crippen molar-refractivity contribution in [2.75, 3.05) is 0 Å². The van der Waals surface area contributed by atoms with Crippen molar-refractivity contribution in [2.24, 2.45) is 11.1 Å². The molecule has 0 aliphatic rings. The van der Waals surface area contributed by atoms with Gasteiger partial charge in [-0.25, -0.2) is 0 Å². The normalized spacial score (nSPS) is 12.4. The standard InChI is InChI=1S/C19H27NO/c1-4-6-7-8-10-13-17(3)16-18(5-2)20-21-19-14-11-9-12-15-19/h9,11-12,14-15,17H,4-8,16H2,1-3H3/b20-18+. The van der Waals surface area contributed by atoms with Gasteiger partial charge in [0.2, 0.25) is 0 Å². The summed E-state index contributed by atoms with van der Waals surface area (Å²) in [7, 11) is 0. The Morgan fingerprint density at radius 3 is 2.62 bits per heavy atom. The number of rotatable bonds is 8. The predicted molar refractivity (Wildman–Crippen MR) is 90.5 cm³/mol. The lowest BCUT2D eigenvalue weighted by molar-refractivity contribution is 0.338. The fourth-order valence-corrected chi connectivity index (χ4v) is 1.96. The lowest BCUT2D eigenvalue weighted by Crippen LogP contribution is -2.05. The predicted octanol–water partition coefficient (Wildman–Crippen LogP) is 5.44. The molecule has 0 spiro atoms. The van der Waals surface area contributed by atoms with Crippen LogP contribution < -0.4 is 4.84 Å². The Hall–Kier alpha value is -1.75. The van der Waals surface area contributed by atoms with Crippen molar-refractivity contribution in [3.05, 3.63) is 30.3 Å². The van der Waals surface area contributed by atoms with Crippen LogP contribution in [0.2, 0.25) is 0 Å². The Balaban J connectivity index is 2.41. The second-order valence-corrected chi connectivity index (χ2v) is 5.30. The number of unbranched alkanes of at least 4 members (excludes halogenated alkanes) is 3. The molecule has 2 nitrogen and oxygen atoms in total. The molecule has 0 N–H and O–H groups in total. The Morgan fingerprint density at radius 1 is 1.19 bits per heavy atom. The van der Waals surface area contributed by atoms with E-state index in [1.165, 1.54) is 19.3 Å². The lowest BCUT2D eigenvalue weighted by Gasteiger charge is -2.06. The van der Waals surface area contributed by atoms with Gasteiger partial charge in [0.25, 0.3) is 0 Å². The van der Waals surface area contributed by atoms with E-state index in [0.717, 1.165) is 30.7 Å². The van der Waals surface area contributed by atoms with Crippen molar-refractivity contribution >= 4 is 5.71 Å². The molecule has 0 bridgehead atoms. The lowest BCUT2D eigenvalue weighted by atomic mass is 10.0. The number of para-hydroxylation sites is 1. The first kappa shape index (κ1) is 17.3. The van der Waals surface area contributed by atoms with Crippen LogP contribution in [0.1, 0.15) is 59.3 Å². The van der Waals surface area contributed by atoms with Crippen LogP contribution in [0, 0.1) is 17.8 Å². The summed E-state index contributed by atoms with van der Waals surface area (Å²) in [5.74, 6) is 7.71. The number of hydrogen-bond donors (Lipinski definition) is 0. The maximum absolute atomic E-state index is 5.46. The van der Waals surface area contributed by atoms with Gasteiger partial charge in [0.05, 0.1) is 5.71 Å². The summed E-state index contributed by atoms with van der Waals surface area (Å²) >= 11 is 0. The first-order chi connectivity index (χ1) is 10.3. The maximum Gasteiger partial charge on any atom is 0.157 e. The zero-order valence-corrected chi connectivity index (χ0v) is 13.6. The van der Waals surface area contributed by atoms with Crippen molar-refractivity contribution < 1.29 is 4.84 Å². The Labute approximate surface area is 129 Å². The zero-order valence-electron chi connectivity index (χ0n) is 13.6. The molecule has 1 atom stereocenters. The summed E-state index contributed by atoms with van der Waals surface area (Å²) in [6.45, 7) is 6.47. The second kappa shape index (κ2) is 11.0. The molecule has 1 aromatic rings. The molecule has 0 aliphatic heterocycles. The monoisotopic (exact) mass is 285 g/mol. The molecular weight excluding hydrogens is 258 g/mol. The van der Waals surface area contributed by atoms with Crippen molar-refractivity contribution in [3.8, 4) is 17.6 Å². The highest BCUT2D eigenvalue weighted by molar-refractivity contribution is 5.84. The highest BCUT2D eigenvalue weighted by Crippen LogP contribution is 2.11. The Bertz CT molecular complexity index is 467. The van der Waals surface area contributed by atoms with Gasteiger partial charge < -0.3 is 4.84 Å². The van der Waals surface area contributed by atoms with Crippen molar-refractivity contribution in [1.29, 1.82) is 0 Å². The molecule has 0 fully saturated rings. The van der Waals surface area contributed by atoms with Crippen LogP contribution in [0.4, 0.5) is 0 Å². The molecule has 0 amide bonds. The molecule has 0 radical (unpaired) electrons. The molecule has 1 rings (SSSR count). The van der Waals surface area contributed by atoms with Crippen LogP contribution in [0.15, 0.2) is 35.5 Å². The van der Waals surface area contributed by atoms with Crippen LogP contribution in [-0.2, 0) is 0 Å². The average molecular weight is 285 g/mol. The van der Waals surface area contributed by atoms with Gasteiger partial charge in [-0.15, -0.1) is 5.92 Å². The van der Waals surface area contributed by atoms with E-state index in [1.807, 2.05) is 30.3 Å². The molecule has 0 saturated heterocycles. The Morgan fingerprint density at radius 2 is 1.95 bits per heavy atom. The van der Waals surface area contributed by atoms with Gasteiger partial charge in [-0.05, 0) is 25.0 Å². The average Bonchev–Trinajstić information content (AvgIpc) is 2.52. The molecule has 114 valence electrons. The van der Waals surface area contributed by atoms with Crippen molar-refractivity contribution in [3.63, 3.8) is 0 Å². The summed E-state index contributed by atoms with van der Waals surface area (Å²) in [4.78, 5) is 5.46. The van der Waals surface area contributed by atoms with Crippen LogP contribution in [0.3, 0.4) is 0 Å². The summed E-state index contributed by atoms with van der Waals surface area (Å²) in [6, 6.07) is 9.68. The van der Waals surface area contributed by atoms with E-state index < -0.39 is 0 Å². The SMILES string of the molecule is CCCCCC#CC(C)C/C(CC)=N/Oc1ccccc1. The first-order valence-electron chi connectivity index (χ1n) is 8.02. The smallest absolute Gasteiger partial charge is 0.157 e. The quantitative estimate of drug-likeness (QED) is 0.270. The van der Waals surface area contributed by atoms with E-state index >= 15 is 0 Å². The summed E-state index contributed by atoms with van der Waals surface area (Å²) in [5.41, 5.74) is 1.06. The van der Waals surface area contributed by atoms with Crippen LogP contribution in [0.5, 0.6) is 5.75 Å². The van der Waals surface area contributed by atoms with Gasteiger partial charge in [0.15, 0.2) is 5.75 Å². The molecule has 0 saturated carbocycles. The first-order valence-corrected chi connectivity index (χ1v) is 8.02. The van der Waals surface area contributed by atoms with E-state index in [4.69, 9.17) is 4.84 Å². The molecule has 1 unspecified atom stereocenters. The fourth-order valence-electron chi connectivity index (χ4n) is 1.96. The van der Waals surface area contributed by atoms with E-state index in [0.29, 0.717) is 5.92 Å². The summed E-state index contributed by atoms with van der Waals surface area (Å²) < 4.78 is 0. The topological polar surface area (TPSA) is 21.6 Å². The second-order valence-electron chi connectivity index (χ2n) is 5.30. The molecular formula is C19H27NO. The maximum atomic E-state index is 5.46. The minimum absolute atomic E-state index is 0.338. The van der Waals surface area contributed by atoms with E-state index in [2.05, 4.69) is 37.8 Å². The molecule has 0 aliphatic carbocycles. The van der Waals surface area contributed by atoms with E-state index in [9.17, 15) is 0 Å². The van der Waals surface area contributed by atoms with Gasteiger partial charge in [-0.1, -0.05) is 62.9 Å². The summed E-state index contributed by atoms with van der Waals surface area (Å²) in [5, 5.41) is 4.26. The third-order valence-corrected chi connectivity index (χ3v) is 3.23. The minimum Gasteiger partial charge on any atom is -0.357 e. The van der Waals surface area contributed by atoms with E-state index in [-0.39, 0.29) is 0 Å². The minimum atomic E-state index is 0.338. The summed E-state index contributed by atoms with van der Waals surface area (Å²) in [6.07, 6.45) is 6.52. The highest BCUT2D eigenvalue weighted by Gasteiger charge is 2.04. The van der Waals surface area contributed by atoms with Gasteiger partial charge in [0.1, 0.15) is 0 Å². The molecule has 21 heavy (non-hydrogen) atoms. The number of nitrogens with zero attached hydrogens (tertiary/aromatic N) is 1. The van der Waals surface area contributed by atoms with Crippen LogP contribution >= 0.6 is 0 Å². The van der Waals surface area contributed by atoms with Crippen LogP contribution in [0.25, 0.3) is 0 Å². The highest BCUT2D eigenvalue weighted by atomic mass is 16.6. The fraction of sp³-hybridized carbons (Fsp3) is 0.526. The molecule has 0 aromatic heterocycles. The number of oxime groups is 1. The third-order valence-electron chi connectivity index (χ3n) is 3.23. The van der Waals surface area contributed by atoms with Gasteiger partial charge in [0, 0.05) is 18.8 Å². The zero-order chi connectivity index (χ0) is 15.3. The molecule has 2 heteroatoms. The molecule has 0 heterocycles. The largest absolute Gasteiger partial charge is 0.357 e. The van der Waals surface area contributed by atoms with Gasteiger partial charge in [-0.2, -0.15) is 0 Å². The van der Waals surface area contributed by atoms with Crippen molar-refractivity contribution in [2.45, 2.75) is 59.3 Å². The molecule has 1 aromatic carbocycles. The number of hydrogen-bond acceptors (Lipinski definition) is 2.